The van der Waals surface area contributed by atoms with Gasteiger partial charge in [0.15, 0.2) is 11.5 Å². The number of carboxylic acids is 1. The molecule has 0 aliphatic rings. The van der Waals surface area contributed by atoms with E-state index >= 15 is 0 Å². The molecule has 0 aromatic heterocycles. The van der Waals surface area contributed by atoms with Gasteiger partial charge >= 0.3 is 5.97 Å². The van der Waals surface area contributed by atoms with Gasteiger partial charge in [0.25, 0.3) is 0 Å². The van der Waals surface area contributed by atoms with E-state index < -0.39 is 5.97 Å². The number of phenols is 1. The monoisotopic (exact) mass is 202 g/mol. The van der Waals surface area contributed by atoms with Crippen molar-refractivity contribution in [2.45, 2.75) is 0 Å². The standard InChI is InChI=1S/C8H7ClO4/c1-13-7-3-5(9)4(8(11)12)2-6(7)10/h2-3,10H,1H3,(H,11,12). The molecule has 0 radical (unpaired) electrons. The molecule has 2 N–H and O–H groups in total. The number of hydrogen-bond acceptors (Lipinski definition) is 3. The average Bonchev–Trinajstić information content (AvgIpc) is 2.07. The molecule has 0 bridgehead atoms. The molecule has 0 unspecified atom stereocenters. The van der Waals surface area contributed by atoms with Crippen molar-refractivity contribution in [3.05, 3.63) is 22.7 Å². The number of aromatic carboxylic acids is 1. The van der Waals surface area contributed by atoms with Crippen LogP contribution in [0.3, 0.4) is 0 Å². The van der Waals surface area contributed by atoms with Gasteiger partial charge in [-0.2, -0.15) is 0 Å². The molecule has 0 aliphatic carbocycles. The van der Waals surface area contributed by atoms with Crippen LogP contribution in [0.25, 0.3) is 0 Å². The number of benzene rings is 1. The molecule has 0 aliphatic heterocycles. The lowest BCUT2D eigenvalue weighted by Crippen LogP contribution is -1.97. The second-order valence-electron chi connectivity index (χ2n) is 2.31. The Kier molecular flexibility index (Phi) is 2.63. The van der Waals surface area contributed by atoms with Crippen LogP contribution in [0.4, 0.5) is 0 Å². The van der Waals surface area contributed by atoms with E-state index in [1.54, 1.807) is 0 Å². The number of methoxy groups -OCH3 is 1. The molecule has 13 heavy (non-hydrogen) atoms. The van der Waals surface area contributed by atoms with E-state index in [9.17, 15) is 9.90 Å². The van der Waals surface area contributed by atoms with Crippen LogP contribution in [0, 0.1) is 0 Å². The van der Waals surface area contributed by atoms with Crippen molar-refractivity contribution in [3.63, 3.8) is 0 Å². The van der Waals surface area contributed by atoms with Crippen molar-refractivity contribution in [2.24, 2.45) is 0 Å². The number of halogens is 1. The van der Waals surface area contributed by atoms with E-state index in [1.165, 1.54) is 13.2 Å². The number of aromatic hydroxyl groups is 1. The molecule has 0 amide bonds. The first-order valence-corrected chi connectivity index (χ1v) is 3.74. The van der Waals surface area contributed by atoms with Gasteiger partial charge in [-0.05, 0) is 6.07 Å². The predicted octanol–water partition coefficient (Wildman–Crippen LogP) is 1.75. The Morgan fingerprint density at radius 3 is 2.62 bits per heavy atom. The van der Waals surface area contributed by atoms with Gasteiger partial charge in [-0.1, -0.05) is 11.6 Å². The Balaban J connectivity index is 3.28. The molecular formula is C8H7ClO4. The number of phenolic OH excluding ortho intramolecular Hbond substituents is 1. The SMILES string of the molecule is COc1cc(Cl)c(C(=O)O)cc1O. The first-order chi connectivity index (χ1) is 6.06. The summed E-state index contributed by atoms with van der Waals surface area (Å²) in [6.45, 7) is 0. The largest absolute Gasteiger partial charge is 0.504 e. The summed E-state index contributed by atoms with van der Waals surface area (Å²) in [6.07, 6.45) is 0. The highest BCUT2D eigenvalue weighted by Gasteiger charge is 2.13. The summed E-state index contributed by atoms with van der Waals surface area (Å²) < 4.78 is 4.73. The minimum atomic E-state index is -1.19. The van der Waals surface area contributed by atoms with Gasteiger partial charge in [0.2, 0.25) is 0 Å². The minimum Gasteiger partial charge on any atom is -0.504 e. The second kappa shape index (κ2) is 3.53. The number of ether oxygens (including phenoxy) is 1. The van der Waals surface area contributed by atoms with Crippen LogP contribution in [0.5, 0.6) is 11.5 Å². The van der Waals surface area contributed by atoms with Crippen molar-refractivity contribution in [2.75, 3.05) is 7.11 Å². The fourth-order valence-corrected chi connectivity index (χ4v) is 1.11. The topological polar surface area (TPSA) is 66.8 Å². The molecule has 0 saturated heterocycles. The summed E-state index contributed by atoms with van der Waals surface area (Å²) in [4.78, 5) is 10.5. The molecule has 0 heterocycles. The van der Waals surface area contributed by atoms with Gasteiger partial charge in [-0.15, -0.1) is 0 Å². The Morgan fingerprint density at radius 2 is 2.15 bits per heavy atom. The third kappa shape index (κ3) is 1.84. The fourth-order valence-electron chi connectivity index (χ4n) is 0.871. The molecule has 0 spiro atoms. The van der Waals surface area contributed by atoms with E-state index in [4.69, 9.17) is 21.4 Å². The van der Waals surface area contributed by atoms with Gasteiger partial charge in [0.1, 0.15) is 0 Å². The quantitative estimate of drug-likeness (QED) is 0.767. The molecule has 4 nitrogen and oxygen atoms in total. The van der Waals surface area contributed by atoms with E-state index in [1.807, 2.05) is 0 Å². The van der Waals surface area contributed by atoms with Crippen LogP contribution in [0.1, 0.15) is 10.4 Å². The van der Waals surface area contributed by atoms with Crippen LogP contribution < -0.4 is 4.74 Å². The number of hydrogen-bond donors (Lipinski definition) is 2. The Hall–Kier alpha value is -1.42. The highest BCUT2D eigenvalue weighted by Crippen LogP contribution is 2.31. The van der Waals surface area contributed by atoms with Gasteiger partial charge < -0.3 is 14.9 Å². The zero-order valence-electron chi connectivity index (χ0n) is 6.74. The summed E-state index contributed by atoms with van der Waals surface area (Å²) >= 11 is 5.60. The average molecular weight is 203 g/mol. The van der Waals surface area contributed by atoms with Crippen LogP contribution in [0.2, 0.25) is 5.02 Å². The van der Waals surface area contributed by atoms with E-state index in [0.29, 0.717) is 0 Å². The lowest BCUT2D eigenvalue weighted by molar-refractivity contribution is 0.0696. The van der Waals surface area contributed by atoms with Crippen LogP contribution in [0.15, 0.2) is 12.1 Å². The van der Waals surface area contributed by atoms with Gasteiger partial charge in [0, 0.05) is 6.07 Å². The molecule has 1 aromatic carbocycles. The van der Waals surface area contributed by atoms with Gasteiger partial charge in [-0.3, -0.25) is 0 Å². The highest BCUT2D eigenvalue weighted by molar-refractivity contribution is 6.33. The van der Waals surface area contributed by atoms with Gasteiger partial charge in [0.05, 0.1) is 17.7 Å². The van der Waals surface area contributed by atoms with Crippen molar-refractivity contribution >= 4 is 17.6 Å². The Bertz CT molecular complexity index is 348. The Labute approximate surface area is 79.3 Å². The number of carboxylic acid groups (broad SMARTS) is 1. The summed E-state index contributed by atoms with van der Waals surface area (Å²) in [5.74, 6) is -1.29. The smallest absolute Gasteiger partial charge is 0.337 e. The molecule has 0 atom stereocenters. The molecule has 0 saturated carbocycles. The molecule has 1 aromatic rings. The third-order valence-electron chi connectivity index (χ3n) is 1.50. The summed E-state index contributed by atoms with van der Waals surface area (Å²) in [5.41, 5.74) is -0.153. The fraction of sp³-hybridized carbons (Fsp3) is 0.125. The molecule has 1 rings (SSSR count). The predicted molar refractivity (Wildman–Crippen MR) is 46.6 cm³/mol. The van der Waals surface area contributed by atoms with Crippen molar-refractivity contribution < 1.29 is 19.7 Å². The normalized spacial score (nSPS) is 9.69. The maximum Gasteiger partial charge on any atom is 0.337 e. The minimum absolute atomic E-state index is 0.0298. The van der Waals surface area contributed by atoms with Crippen molar-refractivity contribution in [1.82, 2.24) is 0 Å². The summed E-state index contributed by atoms with van der Waals surface area (Å²) in [6, 6.07) is 2.30. The van der Waals surface area contributed by atoms with Crippen LogP contribution >= 0.6 is 11.6 Å². The molecule has 5 heteroatoms. The molecular weight excluding hydrogens is 196 g/mol. The van der Waals surface area contributed by atoms with Crippen molar-refractivity contribution in [1.29, 1.82) is 0 Å². The lowest BCUT2D eigenvalue weighted by Gasteiger charge is -2.05. The lowest BCUT2D eigenvalue weighted by atomic mass is 10.2. The third-order valence-corrected chi connectivity index (χ3v) is 1.81. The highest BCUT2D eigenvalue weighted by atomic mass is 35.5. The maximum absolute atomic E-state index is 10.5. The van der Waals surface area contributed by atoms with Gasteiger partial charge in [-0.25, -0.2) is 4.79 Å². The summed E-state index contributed by atoms with van der Waals surface area (Å²) in [7, 11) is 1.35. The van der Waals surface area contributed by atoms with Crippen LogP contribution in [-0.2, 0) is 0 Å². The zero-order chi connectivity index (χ0) is 10.0. The second-order valence-corrected chi connectivity index (χ2v) is 2.72. The van der Waals surface area contributed by atoms with E-state index in [2.05, 4.69) is 0 Å². The zero-order valence-corrected chi connectivity index (χ0v) is 7.50. The first-order valence-electron chi connectivity index (χ1n) is 3.36. The Morgan fingerprint density at radius 1 is 1.54 bits per heavy atom. The number of carbonyl (C=O) groups is 1. The summed E-state index contributed by atoms with van der Waals surface area (Å²) in [5, 5.41) is 17.9. The van der Waals surface area contributed by atoms with E-state index in [0.717, 1.165) is 6.07 Å². The van der Waals surface area contributed by atoms with Crippen LogP contribution in [-0.4, -0.2) is 23.3 Å². The van der Waals surface area contributed by atoms with Crippen molar-refractivity contribution in [3.8, 4) is 11.5 Å². The number of rotatable bonds is 2. The maximum atomic E-state index is 10.5. The molecule has 0 fully saturated rings. The first kappa shape index (κ1) is 9.67. The molecule has 70 valence electrons. The van der Waals surface area contributed by atoms with E-state index in [-0.39, 0.29) is 22.1 Å².